The van der Waals surface area contributed by atoms with Crippen LogP contribution in [0.15, 0.2) is 48.5 Å². The highest BCUT2D eigenvalue weighted by molar-refractivity contribution is 5.94. The molecule has 4 nitrogen and oxygen atoms in total. The van der Waals surface area contributed by atoms with E-state index in [0.717, 1.165) is 42.0 Å². The molecule has 1 saturated heterocycles. The lowest BCUT2D eigenvalue weighted by Gasteiger charge is -2.18. The normalized spacial score (nSPS) is 17.5. The maximum Gasteiger partial charge on any atom is 0.253 e. The average Bonchev–Trinajstić information content (AvgIpc) is 2.95. The minimum absolute atomic E-state index is 0.112. The average molecular weight is 295 g/mol. The second-order valence-corrected chi connectivity index (χ2v) is 5.88. The summed E-state index contributed by atoms with van der Waals surface area (Å²) in [6.07, 6.45) is 0.951. The summed E-state index contributed by atoms with van der Waals surface area (Å²) < 4.78 is 0. The molecular weight excluding hydrogens is 274 g/mol. The molecule has 0 aromatic heterocycles. The fourth-order valence-corrected chi connectivity index (χ4v) is 2.89. The van der Waals surface area contributed by atoms with Gasteiger partial charge in [-0.05, 0) is 43.7 Å². The number of carbonyl (C=O) groups is 1. The fourth-order valence-electron chi connectivity index (χ4n) is 2.89. The molecule has 1 amide bonds. The first-order chi connectivity index (χ1) is 10.6. The molecule has 114 valence electrons. The van der Waals surface area contributed by atoms with Gasteiger partial charge < -0.3 is 16.0 Å². The van der Waals surface area contributed by atoms with Crippen molar-refractivity contribution < 1.29 is 4.79 Å². The lowest BCUT2D eigenvalue weighted by Crippen LogP contribution is -2.31. The van der Waals surface area contributed by atoms with Crippen molar-refractivity contribution in [3.05, 3.63) is 59.7 Å². The van der Waals surface area contributed by atoms with Gasteiger partial charge >= 0.3 is 0 Å². The zero-order valence-electron chi connectivity index (χ0n) is 12.8. The number of benzene rings is 2. The van der Waals surface area contributed by atoms with E-state index in [-0.39, 0.29) is 11.9 Å². The first-order valence-electron chi connectivity index (χ1n) is 7.60. The van der Waals surface area contributed by atoms with Crippen molar-refractivity contribution in [2.75, 3.05) is 24.1 Å². The van der Waals surface area contributed by atoms with Gasteiger partial charge in [-0.2, -0.15) is 0 Å². The van der Waals surface area contributed by atoms with E-state index in [1.165, 1.54) is 0 Å². The van der Waals surface area contributed by atoms with Crippen LogP contribution in [0.25, 0.3) is 0 Å². The zero-order chi connectivity index (χ0) is 15.5. The van der Waals surface area contributed by atoms with Gasteiger partial charge in [-0.25, -0.2) is 0 Å². The van der Waals surface area contributed by atoms with E-state index in [4.69, 9.17) is 5.73 Å². The van der Waals surface area contributed by atoms with Crippen LogP contribution >= 0.6 is 0 Å². The summed E-state index contributed by atoms with van der Waals surface area (Å²) >= 11 is 0. The smallest absolute Gasteiger partial charge is 0.253 e. The van der Waals surface area contributed by atoms with Crippen molar-refractivity contribution in [2.45, 2.75) is 19.4 Å². The maximum absolute atomic E-state index is 12.5. The van der Waals surface area contributed by atoms with Crippen LogP contribution in [0.1, 0.15) is 22.3 Å². The summed E-state index contributed by atoms with van der Waals surface area (Å²) in [5.41, 5.74) is 9.43. The third-order valence-corrected chi connectivity index (χ3v) is 4.00. The lowest BCUT2D eigenvalue weighted by atomic mass is 10.1. The molecule has 1 aliphatic rings. The van der Waals surface area contributed by atoms with Crippen LogP contribution in [-0.2, 0) is 0 Å². The Morgan fingerprint density at radius 3 is 2.82 bits per heavy atom. The third kappa shape index (κ3) is 3.22. The highest BCUT2D eigenvalue weighted by Gasteiger charge is 2.26. The van der Waals surface area contributed by atoms with Crippen LogP contribution in [0.4, 0.5) is 11.4 Å². The topological polar surface area (TPSA) is 58.4 Å². The Bertz CT molecular complexity index is 684. The Balaban J connectivity index is 1.63. The molecule has 3 N–H and O–H groups in total. The number of anilines is 2. The molecule has 1 unspecified atom stereocenters. The Labute approximate surface area is 130 Å². The van der Waals surface area contributed by atoms with Gasteiger partial charge in [0.2, 0.25) is 0 Å². The van der Waals surface area contributed by atoms with E-state index in [1.54, 1.807) is 0 Å². The van der Waals surface area contributed by atoms with E-state index in [9.17, 15) is 4.79 Å². The number of rotatable bonds is 3. The number of nitrogens with zero attached hydrogens (tertiary/aromatic N) is 1. The molecule has 4 heteroatoms. The van der Waals surface area contributed by atoms with E-state index in [0.29, 0.717) is 0 Å². The molecule has 22 heavy (non-hydrogen) atoms. The Morgan fingerprint density at radius 2 is 2.05 bits per heavy atom. The van der Waals surface area contributed by atoms with Crippen molar-refractivity contribution >= 4 is 17.3 Å². The van der Waals surface area contributed by atoms with Crippen LogP contribution in [0.5, 0.6) is 0 Å². The van der Waals surface area contributed by atoms with E-state index < -0.39 is 0 Å². The highest BCUT2D eigenvalue weighted by Crippen LogP contribution is 2.19. The van der Waals surface area contributed by atoms with Crippen molar-refractivity contribution in [3.8, 4) is 0 Å². The quantitative estimate of drug-likeness (QED) is 0.856. The van der Waals surface area contributed by atoms with Crippen LogP contribution < -0.4 is 11.1 Å². The molecule has 0 saturated carbocycles. The maximum atomic E-state index is 12.5. The van der Waals surface area contributed by atoms with Crippen molar-refractivity contribution in [2.24, 2.45) is 0 Å². The van der Waals surface area contributed by atoms with Gasteiger partial charge in [-0.3, -0.25) is 4.79 Å². The number of nitrogen functional groups attached to an aromatic ring is 1. The number of carbonyl (C=O) groups excluding carboxylic acids is 1. The van der Waals surface area contributed by atoms with E-state index in [1.807, 2.05) is 60.4 Å². The summed E-state index contributed by atoms with van der Waals surface area (Å²) in [5.74, 6) is 0.112. The van der Waals surface area contributed by atoms with Gasteiger partial charge in [0.25, 0.3) is 5.91 Å². The van der Waals surface area contributed by atoms with Crippen LogP contribution in [-0.4, -0.2) is 29.9 Å². The third-order valence-electron chi connectivity index (χ3n) is 4.00. The standard InChI is InChI=1S/C18H21N3O/c1-13-4-2-5-14(10-13)18(22)21-9-8-17(12-21)20-16-7-3-6-15(19)11-16/h2-7,10-11,17,20H,8-9,12,19H2,1H3. The number of hydrogen-bond acceptors (Lipinski definition) is 3. The number of likely N-dealkylation sites (tertiary alicyclic amines) is 1. The summed E-state index contributed by atoms with van der Waals surface area (Å²) in [4.78, 5) is 14.4. The van der Waals surface area contributed by atoms with Crippen LogP contribution in [0.2, 0.25) is 0 Å². The molecule has 0 bridgehead atoms. The van der Waals surface area contributed by atoms with Crippen molar-refractivity contribution in [1.82, 2.24) is 4.90 Å². The zero-order valence-corrected chi connectivity index (χ0v) is 12.8. The fraction of sp³-hybridized carbons (Fsp3) is 0.278. The lowest BCUT2D eigenvalue weighted by molar-refractivity contribution is 0.0791. The molecule has 1 aliphatic heterocycles. The number of hydrogen-bond donors (Lipinski definition) is 2. The summed E-state index contributed by atoms with van der Waals surface area (Å²) in [6, 6.07) is 15.8. The van der Waals surface area contributed by atoms with Gasteiger partial charge in [-0.1, -0.05) is 23.8 Å². The summed E-state index contributed by atoms with van der Waals surface area (Å²) in [5, 5.41) is 3.46. The van der Waals surface area contributed by atoms with Gasteiger partial charge in [0, 0.05) is 36.1 Å². The number of aryl methyl sites for hydroxylation is 1. The van der Waals surface area contributed by atoms with E-state index in [2.05, 4.69) is 5.32 Å². The van der Waals surface area contributed by atoms with Gasteiger partial charge in [0.15, 0.2) is 0 Å². The first-order valence-corrected chi connectivity index (χ1v) is 7.60. The molecule has 1 atom stereocenters. The minimum atomic E-state index is 0.112. The Morgan fingerprint density at radius 1 is 1.23 bits per heavy atom. The largest absolute Gasteiger partial charge is 0.399 e. The van der Waals surface area contributed by atoms with Crippen LogP contribution in [0.3, 0.4) is 0 Å². The summed E-state index contributed by atoms with van der Waals surface area (Å²) in [7, 11) is 0. The number of nitrogens with two attached hydrogens (primary N) is 1. The molecule has 2 aromatic carbocycles. The minimum Gasteiger partial charge on any atom is -0.399 e. The SMILES string of the molecule is Cc1cccc(C(=O)N2CCC(Nc3cccc(N)c3)C2)c1. The molecule has 1 fully saturated rings. The second-order valence-electron chi connectivity index (χ2n) is 5.88. The van der Waals surface area contributed by atoms with Crippen LogP contribution in [0, 0.1) is 6.92 Å². The van der Waals surface area contributed by atoms with E-state index >= 15 is 0 Å². The monoisotopic (exact) mass is 295 g/mol. The summed E-state index contributed by atoms with van der Waals surface area (Å²) in [6.45, 7) is 3.51. The molecule has 0 aliphatic carbocycles. The first kappa shape index (κ1) is 14.4. The molecule has 3 rings (SSSR count). The van der Waals surface area contributed by atoms with Gasteiger partial charge in [0.05, 0.1) is 0 Å². The second kappa shape index (κ2) is 6.10. The predicted octanol–water partition coefficient (Wildman–Crippen LogP) is 2.90. The molecular formula is C18H21N3O. The highest BCUT2D eigenvalue weighted by atomic mass is 16.2. The predicted molar refractivity (Wildman–Crippen MR) is 90.0 cm³/mol. The van der Waals surface area contributed by atoms with Gasteiger partial charge in [-0.15, -0.1) is 0 Å². The molecule has 1 heterocycles. The Kier molecular flexibility index (Phi) is 4.00. The molecule has 0 spiro atoms. The van der Waals surface area contributed by atoms with Crippen molar-refractivity contribution in [1.29, 1.82) is 0 Å². The Hall–Kier alpha value is -2.49. The number of amides is 1. The number of nitrogens with one attached hydrogen (secondary N) is 1. The molecule has 2 aromatic rings. The molecule has 0 radical (unpaired) electrons. The van der Waals surface area contributed by atoms with Gasteiger partial charge in [0.1, 0.15) is 0 Å². The van der Waals surface area contributed by atoms with Crippen molar-refractivity contribution in [3.63, 3.8) is 0 Å².